The van der Waals surface area contributed by atoms with E-state index in [0.717, 1.165) is 20.8 Å². The van der Waals surface area contributed by atoms with Crippen molar-refractivity contribution in [2.24, 2.45) is 0 Å². The smallest absolute Gasteiger partial charge is 0.261 e. The second-order valence-corrected chi connectivity index (χ2v) is 6.90. The van der Waals surface area contributed by atoms with E-state index in [1.54, 1.807) is 11.3 Å². The van der Waals surface area contributed by atoms with E-state index in [1.165, 1.54) is 11.3 Å². The molecule has 4 nitrogen and oxygen atoms in total. The lowest BCUT2D eigenvalue weighted by Gasteiger charge is -2.09. The number of anilines is 1. The van der Waals surface area contributed by atoms with E-state index in [0.29, 0.717) is 10.6 Å². The van der Waals surface area contributed by atoms with Gasteiger partial charge in [-0.25, -0.2) is 4.98 Å². The van der Waals surface area contributed by atoms with E-state index >= 15 is 0 Å². The first-order valence-electron chi connectivity index (χ1n) is 6.55. The van der Waals surface area contributed by atoms with Crippen molar-refractivity contribution in [3.63, 3.8) is 0 Å². The quantitative estimate of drug-likeness (QED) is 0.723. The highest BCUT2D eigenvalue weighted by molar-refractivity contribution is 7.20. The Balaban J connectivity index is 1.80. The average Bonchev–Trinajstić information content (AvgIpc) is 3.04. The third-order valence-electron chi connectivity index (χ3n) is 3.12. The van der Waals surface area contributed by atoms with E-state index in [1.807, 2.05) is 43.5 Å². The highest BCUT2D eigenvalue weighted by atomic mass is 32.1. The molecule has 3 aromatic rings. The van der Waals surface area contributed by atoms with Crippen LogP contribution in [-0.2, 0) is 0 Å². The number of rotatable bonds is 3. The summed E-state index contributed by atoms with van der Waals surface area (Å²) in [6.45, 7) is 3.90. The predicted octanol–water partition coefficient (Wildman–Crippen LogP) is 3.74. The van der Waals surface area contributed by atoms with E-state index < -0.39 is 0 Å². The Morgan fingerprint density at radius 1 is 1.38 bits per heavy atom. The first-order valence-corrected chi connectivity index (χ1v) is 8.24. The zero-order valence-electron chi connectivity index (χ0n) is 11.7. The SMILES string of the molecule is Cc1csc(C(C)NC(=O)c2cc3cc(N)ccc3s2)n1. The van der Waals surface area contributed by atoms with E-state index in [2.05, 4.69) is 10.3 Å². The highest BCUT2D eigenvalue weighted by Crippen LogP contribution is 2.28. The molecular weight excluding hydrogens is 302 g/mol. The van der Waals surface area contributed by atoms with Gasteiger partial charge in [-0.1, -0.05) is 0 Å². The van der Waals surface area contributed by atoms with Crippen molar-refractivity contribution < 1.29 is 4.79 Å². The topological polar surface area (TPSA) is 68.0 Å². The first-order chi connectivity index (χ1) is 10.0. The standard InChI is InChI=1S/C15H15N3OS2/c1-8-7-20-15(17-8)9(2)18-14(19)13-6-10-5-11(16)3-4-12(10)21-13/h3-7,9H,16H2,1-2H3,(H,18,19). The molecule has 1 aromatic carbocycles. The van der Waals surface area contributed by atoms with Crippen molar-refractivity contribution in [2.75, 3.05) is 5.73 Å². The van der Waals surface area contributed by atoms with E-state index in [-0.39, 0.29) is 11.9 Å². The summed E-state index contributed by atoms with van der Waals surface area (Å²) < 4.78 is 1.06. The highest BCUT2D eigenvalue weighted by Gasteiger charge is 2.16. The summed E-state index contributed by atoms with van der Waals surface area (Å²) in [4.78, 5) is 17.4. The molecule has 0 aliphatic rings. The zero-order chi connectivity index (χ0) is 15.0. The van der Waals surface area contributed by atoms with Crippen LogP contribution in [0.25, 0.3) is 10.1 Å². The second-order valence-electron chi connectivity index (χ2n) is 4.93. The molecule has 3 rings (SSSR count). The first kappa shape index (κ1) is 14.0. The van der Waals surface area contributed by atoms with Crippen LogP contribution in [0.1, 0.15) is 33.3 Å². The van der Waals surface area contributed by atoms with Gasteiger partial charge in [0.25, 0.3) is 5.91 Å². The monoisotopic (exact) mass is 317 g/mol. The lowest BCUT2D eigenvalue weighted by molar-refractivity contribution is 0.0944. The molecule has 0 radical (unpaired) electrons. The number of carbonyl (C=O) groups excluding carboxylic acids is 1. The van der Waals surface area contributed by atoms with Gasteiger partial charge in [0, 0.05) is 21.5 Å². The number of aryl methyl sites for hydroxylation is 1. The number of hydrogen-bond acceptors (Lipinski definition) is 5. The van der Waals surface area contributed by atoms with Crippen LogP contribution in [0, 0.1) is 6.92 Å². The number of amides is 1. The predicted molar refractivity (Wildman–Crippen MR) is 89.0 cm³/mol. The Morgan fingerprint density at radius 2 is 2.19 bits per heavy atom. The van der Waals surface area contributed by atoms with Crippen molar-refractivity contribution in [2.45, 2.75) is 19.9 Å². The maximum atomic E-state index is 12.3. The van der Waals surface area contributed by atoms with Crippen LogP contribution in [0.4, 0.5) is 5.69 Å². The molecule has 2 aromatic heterocycles. The molecule has 0 saturated carbocycles. The second kappa shape index (κ2) is 5.46. The number of hydrogen-bond donors (Lipinski definition) is 2. The normalized spacial score (nSPS) is 12.5. The molecule has 0 bridgehead atoms. The molecule has 1 unspecified atom stereocenters. The molecule has 1 amide bonds. The van der Waals surface area contributed by atoms with Crippen LogP contribution in [0.15, 0.2) is 29.6 Å². The Hall–Kier alpha value is -1.92. The van der Waals surface area contributed by atoms with Gasteiger partial charge in [0.05, 0.1) is 10.9 Å². The van der Waals surface area contributed by atoms with Crippen molar-refractivity contribution in [1.82, 2.24) is 10.3 Å². The van der Waals surface area contributed by atoms with Crippen molar-refractivity contribution in [3.8, 4) is 0 Å². The molecule has 6 heteroatoms. The summed E-state index contributed by atoms with van der Waals surface area (Å²) in [6, 6.07) is 7.47. The minimum Gasteiger partial charge on any atom is -0.399 e. The summed E-state index contributed by atoms with van der Waals surface area (Å²) in [5.74, 6) is -0.0740. The summed E-state index contributed by atoms with van der Waals surface area (Å²) in [5, 5.41) is 6.90. The summed E-state index contributed by atoms with van der Waals surface area (Å²) in [7, 11) is 0. The number of benzene rings is 1. The van der Waals surface area contributed by atoms with Crippen LogP contribution in [0.5, 0.6) is 0 Å². The van der Waals surface area contributed by atoms with Crippen LogP contribution in [0.3, 0.4) is 0 Å². The number of aromatic nitrogens is 1. The number of thiophene rings is 1. The molecule has 0 spiro atoms. The van der Waals surface area contributed by atoms with Crippen molar-refractivity contribution >= 4 is 44.4 Å². The van der Waals surface area contributed by atoms with E-state index in [4.69, 9.17) is 5.73 Å². The number of nitrogens with zero attached hydrogens (tertiary/aromatic N) is 1. The number of fused-ring (bicyclic) bond motifs is 1. The lowest BCUT2D eigenvalue weighted by Crippen LogP contribution is -2.25. The third-order valence-corrected chi connectivity index (χ3v) is 5.38. The lowest BCUT2D eigenvalue weighted by atomic mass is 10.2. The third kappa shape index (κ3) is 2.91. The fraction of sp³-hybridized carbons (Fsp3) is 0.200. The Bertz CT molecular complexity index is 806. The van der Waals surface area contributed by atoms with Crippen LogP contribution in [0.2, 0.25) is 0 Å². The fourth-order valence-electron chi connectivity index (χ4n) is 2.07. The maximum Gasteiger partial charge on any atom is 0.261 e. The van der Waals surface area contributed by atoms with Crippen LogP contribution in [-0.4, -0.2) is 10.9 Å². The molecule has 21 heavy (non-hydrogen) atoms. The van der Waals surface area contributed by atoms with Gasteiger partial charge < -0.3 is 11.1 Å². The largest absolute Gasteiger partial charge is 0.399 e. The summed E-state index contributed by atoms with van der Waals surface area (Å²) in [5.41, 5.74) is 7.45. The number of carbonyl (C=O) groups is 1. The molecule has 2 heterocycles. The van der Waals surface area contributed by atoms with Gasteiger partial charge in [-0.2, -0.15) is 0 Å². The molecular formula is C15H15N3OS2. The minimum atomic E-state index is -0.0912. The average molecular weight is 317 g/mol. The van der Waals surface area contributed by atoms with Gasteiger partial charge in [-0.05, 0) is 43.5 Å². The Kier molecular flexibility index (Phi) is 3.65. The molecule has 0 saturated heterocycles. The number of thiazole rings is 1. The van der Waals surface area contributed by atoms with Gasteiger partial charge in [0.1, 0.15) is 5.01 Å². The van der Waals surface area contributed by atoms with Crippen molar-refractivity contribution in [1.29, 1.82) is 0 Å². The zero-order valence-corrected chi connectivity index (χ0v) is 13.3. The summed E-state index contributed by atoms with van der Waals surface area (Å²) >= 11 is 3.03. The van der Waals surface area contributed by atoms with Crippen LogP contribution >= 0.6 is 22.7 Å². The van der Waals surface area contributed by atoms with E-state index in [9.17, 15) is 4.79 Å². The number of nitrogen functional groups attached to an aromatic ring is 1. The number of nitrogens with one attached hydrogen (secondary N) is 1. The Morgan fingerprint density at radius 3 is 2.90 bits per heavy atom. The maximum absolute atomic E-state index is 12.3. The molecule has 0 aliphatic heterocycles. The van der Waals surface area contributed by atoms with Gasteiger partial charge in [0.15, 0.2) is 0 Å². The number of nitrogens with two attached hydrogens (primary N) is 1. The van der Waals surface area contributed by atoms with Gasteiger partial charge >= 0.3 is 0 Å². The molecule has 3 N–H and O–H groups in total. The Labute approximate surface area is 130 Å². The van der Waals surface area contributed by atoms with Crippen molar-refractivity contribution in [3.05, 3.63) is 45.2 Å². The van der Waals surface area contributed by atoms with Gasteiger partial charge in [0.2, 0.25) is 0 Å². The molecule has 0 aliphatic carbocycles. The molecule has 108 valence electrons. The summed E-state index contributed by atoms with van der Waals surface area (Å²) in [6.07, 6.45) is 0. The van der Waals surface area contributed by atoms with Gasteiger partial charge in [-0.3, -0.25) is 4.79 Å². The van der Waals surface area contributed by atoms with Gasteiger partial charge in [-0.15, -0.1) is 22.7 Å². The molecule has 1 atom stereocenters. The fourth-order valence-corrected chi connectivity index (χ4v) is 3.82. The molecule has 0 fully saturated rings. The minimum absolute atomic E-state index is 0.0740. The van der Waals surface area contributed by atoms with Crippen LogP contribution < -0.4 is 11.1 Å².